The van der Waals surface area contributed by atoms with E-state index >= 15 is 0 Å². The third kappa shape index (κ3) is 6.61. The number of alkyl halides is 3. The fourth-order valence-electron chi connectivity index (χ4n) is 3.87. The highest BCUT2D eigenvalue weighted by atomic mass is 32.2. The summed E-state index contributed by atoms with van der Waals surface area (Å²) in [5.74, 6) is -1.40. The predicted molar refractivity (Wildman–Crippen MR) is 140 cm³/mol. The van der Waals surface area contributed by atoms with Crippen LogP contribution in [0.2, 0.25) is 0 Å². The maximum absolute atomic E-state index is 14.0. The number of hydrogen-bond donors (Lipinski definition) is 2. The minimum atomic E-state index is -4.86. The molecule has 218 valence electrons. The number of aliphatic hydroxyl groups is 1. The second-order valence-corrected chi connectivity index (χ2v) is 12.3. The van der Waals surface area contributed by atoms with Crippen LogP contribution in [0.1, 0.15) is 80.5 Å². The molecular formula is C26H32F3N5O5S. The van der Waals surface area contributed by atoms with Crippen LogP contribution < -0.4 is 10.1 Å². The maximum atomic E-state index is 14.0. The van der Waals surface area contributed by atoms with Gasteiger partial charge in [-0.05, 0) is 46.2 Å². The number of hydrogen-bond acceptors (Lipinski definition) is 8. The van der Waals surface area contributed by atoms with E-state index in [2.05, 4.69) is 20.4 Å². The Morgan fingerprint density at radius 1 is 1.15 bits per heavy atom. The van der Waals surface area contributed by atoms with Crippen molar-refractivity contribution < 1.29 is 36.2 Å². The van der Waals surface area contributed by atoms with Gasteiger partial charge in [0.25, 0.3) is 5.91 Å². The highest BCUT2D eigenvalue weighted by molar-refractivity contribution is 7.91. The van der Waals surface area contributed by atoms with E-state index in [0.29, 0.717) is 5.69 Å². The minimum Gasteiger partial charge on any atom is -0.437 e. The van der Waals surface area contributed by atoms with Crippen LogP contribution in [0.25, 0.3) is 0 Å². The molecule has 3 aromatic heterocycles. The lowest BCUT2D eigenvalue weighted by Gasteiger charge is -2.24. The number of amides is 1. The lowest BCUT2D eigenvalue weighted by molar-refractivity contribution is -0.140. The first-order valence-corrected chi connectivity index (χ1v) is 14.2. The van der Waals surface area contributed by atoms with Gasteiger partial charge in [-0.25, -0.2) is 13.1 Å². The lowest BCUT2D eigenvalue weighted by atomic mass is 10.0. The van der Waals surface area contributed by atoms with Crippen LogP contribution in [0, 0.1) is 0 Å². The van der Waals surface area contributed by atoms with Crippen LogP contribution in [-0.4, -0.2) is 44.9 Å². The van der Waals surface area contributed by atoms with Crippen LogP contribution in [-0.2, 0) is 34.5 Å². The quantitative estimate of drug-likeness (QED) is 0.374. The molecule has 3 heterocycles. The largest absolute Gasteiger partial charge is 0.437 e. The summed E-state index contributed by atoms with van der Waals surface area (Å²) in [6, 6.07) is 2.88. The van der Waals surface area contributed by atoms with E-state index in [9.17, 15) is 31.5 Å². The molecule has 0 aliphatic rings. The molecule has 2 N–H and O–H groups in total. The van der Waals surface area contributed by atoms with Crippen molar-refractivity contribution in [3.63, 3.8) is 0 Å². The number of aliphatic hydroxyl groups excluding tert-OH is 1. The molecule has 10 nitrogen and oxygen atoms in total. The minimum absolute atomic E-state index is 0.0500. The Bertz CT molecular complexity index is 1480. The predicted octanol–water partition coefficient (Wildman–Crippen LogP) is 4.58. The van der Waals surface area contributed by atoms with E-state index in [1.54, 1.807) is 27.7 Å². The standard InChI is InChI=1S/C26H32F3N5O5S/c1-7-18-22(23(36)32-11-16-9-10-17(12-31-16)40(37,38)8-2)33-34(25(4,5)6)24(18)39-20-14-30-13-19(15(3)35)21(20)26(27,28)29/h9-10,12-15,35H,7-8,11H2,1-6H3,(H,32,36). The molecule has 0 fully saturated rings. The van der Waals surface area contributed by atoms with Crippen molar-refractivity contribution in [1.82, 2.24) is 25.1 Å². The summed E-state index contributed by atoms with van der Waals surface area (Å²) >= 11 is 0. The second kappa shape index (κ2) is 11.5. The average molecular weight is 584 g/mol. The van der Waals surface area contributed by atoms with Crippen LogP contribution in [0.4, 0.5) is 13.2 Å². The number of nitrogens with one attached hydrogen (secondary N) is 1. The summed E-state index contributed by atoms with van der Waals surface area (Å²) in [5.41, 5.74) is -1.82. The molecular weight excluding hydrogens is 551 g/mol. The van der Waals surface area contributed by atoms with E-state index in [1.807, 2.05) is 0 Å². The molecule has 3 aromatic rings. The summed E-state index contributed by atoms with van der Waals surface area (Å²) in [7, 11) is -3.43. The average Bonchev–Trinajstić information content (AvgIpc) is 3.25. The van der Waals surface area contributed by atoms with Crippen molar-refractivity contribution >= 4 is 15.7 Å². The number of aromatic nitrogens is 4. The fourth-order valence-corrected chi connectivity index (χ4v) is 4.70. The van der Waals surface area contributed by atoms with Crippen LogP contribution >= 0.6 is 0 Å². The summed E-state index contributed by atoms with van der Waals surface area (Å²) in [6.45, 7) is 9.62. The molecule has 0 saturated heterocycles. The lowest BCUT2D eigenvalue weighted by Crippen LogP contribution is -2.27. The zero-order valence-corrected chi connectivity index (χ0v) is 23.8. The van der Waals surface area contributed by atoms with Gasteiger partial charge in [0.2, 0.25) is 5.88 Å². The third-order valence-corrected chi connectivity index (χ3v) is 7.71. The van der Waals surface area contributed by atoms with Gasteiger partial charge in [0.1, 0.15) is 5.56 Å². The molecule has 0 aliphatic heterocycles. The van der Waals surface area contributed by atoms with Crippen molar-refractivity contribution in [3.8, 4) is 11.6 Å². The Morgan fingerprint density at radius 2 is 1.82 bits per heavy atom. The van der Waals surface area contributed by atoms with Crippen LogP contribution in [0.5, 0.6) is 11.6 Å². The highest BCUT2D eigenvalue weighted by Gasteiger charge is 2.40. The topological polar surface area (TPSA) is 136 Å². The van der Waals surface area contributed by atoms with Crippen molar-refractivity contribution in [2.45, 2.75) is 77.2 Å². The van der Waals surface area contributed by atoms with Crippen molar-refractivity contribution in [2.75, 3.05) is 5.75 Å². The van der Waals surface area contributed by atoms with Crippen molar-refractivity contribution in [2.24, 2.45) is 0 Å². The zero-order chi connectivity index (χ0) is 30.0. The van der Waals surface area contributed by atoms with Gasteiger partial charge in [-0.15, -0.1) is 0 Å². The van der Waals surface area contributed by atoms with Crippen LogP contribution in [0.15, 0.2) is 35.6 Å². The molecule has 1 atom stereocenters. The summed E-state index contributed by atoms with van der Waals surface area (Å²) in [4.78, 5) is 21.2. The van der Waals surface area contributed by atoms with E-state index in [0.717, 1.165) is 12.4 Å². The fraction of sp³-hybridized carbons (Fsp3) is 0.462. The van der Waals surface area contributed by atoms with Gasteiger partial charge in [0.05, 0.1) is 40.7 Å². The molecule has 0 radical (unpaired) electrons. The van der Waals surface area contributed by atoms with Gasteiger partial charge in [0, 0.05) is 23.5 Å². The smallest absolute Gasteiger partial charge is 0.420 e. The number of carbonyl (C=O) groups is 1. The summed E-state index contributed by atoms with van der Waals surface area (Å²) in [5, 5.41) is 17.0. The molecule has 0 bridgehead atoms. The maximum Gasteiger partial charge on any atom is 0.420 e. The third-order valence-electron chi connectivity index (χ3n) is 5.99. The number of pyridine rings is 2. The first-order valence-electron chi connectivity index (χ1n) is 12.5. The number of nitrogens with zero attached hydrogens (tertiary/aromatic N) is 4. The first kappa shape index (κ1) is 31.0. The number of halogens is 3. The molecule has 1 amide bonds. The van der Waals surface area contributed by atoms with Crippen molar-refractivity contribution in [1.29, 1.82) is 0 Å². The SMILES string of the molecule is CCc1c(C(=O)NCc2ccc(S(=O)(=O)CC)cn2)nn(C(C)(C)C)c1Oc1cncc(C(C)O)c1C(F)(F)F. The van der Waals surface area contributed by atoms with E-state index < -0.39 is 50.4 Å². The normalized spacial score (nSPS) is 13.2. The molecule has 3 rings (SSSR count). The second-order valence-electron chi connectivity index (χ2n) is 10.0. The van der Waals surface area contributed by atoms with Gasteiger partial charge in [0.15, 0.2) is 21.3 Å². The number of sulfone groups is 1. The Balaban J connectivity index is 2.00. The first-order chi connectivity index (χ1) is 18.5. The molecule has 1 unspecified atom stereocenters. The monoisotopic (exact) mass is 583 g/mol. The number of rotatable bonds is 9. The van der Waals surface area contributed by atoms with Gasteiger partial charge in [-0.2, -0.15) is 18.3 Å². The van der Waals surface area contributed by atoms with Gasteiger partial charge < -0.3 is 15.2 Å². The molecule has 14 heteroatoms. The molecule has 0 aromatic carbocycles. The number of ether oxygens (including phenoxy) is 1. The molecule has 40 heavy (non-hydrogen) atoms. The van der Waals surface area contributed by atoms with Gasteiger partial charge in [-0.3, -0.25) is 14.8 Å². The Hall–Kier alpha value is -3.52. The Kier molecular flexibility index (Phi) is 8.94. The summed E-state index contributed by atoms with van der Waals surface area (Å²) < 4.78 is 73.3. The van der Waals surface area contributed by atoms with Crippen LogP contribution in [0.3, 0.4) is 0 Å². The Labute approximate surface area is 230 Å². The van der Waals surface area contributed by atoms with E-state index in [-0.39, 0.29) is 40.8 Å². The number of carbonyl (C=O) groups excluding carboxylic acids is 1. The molecule has 0 spiro atoms. The van der Waals surface area contributed by atoms with E-state index in [1.165, 1.54) is 36.9 Å². The van der Waals surface area contributed by atoms with Crippen molar-refractivity contribution in [3.05, 3.63) is 58.8 Å². The Morgan fingerprint density at radius 3 is 2.33 bits per heavy atom. The molecule has 0 saturated carbocycles. The van der Waals surface area contributed by atoms with Gasteiger partial charge >= 0.3 is 6.18 Å². The zero-order valence-electron chi connectivity index (χ0n) is 23.0. The highest BCUT2D eigenvalue weighted by Crippen LogP contribution is 2.43. The summed E-state index contributed by atoms with van der Waals surface area (Å²) in [6.07, 6.45) is -3.08. The van der Waals surface area contributed by atoms with E-state index in [4.69, 9.17) is 4.74 Å². The molecule has 0 aliphatic carbocycles. The van der Waals surface area contributed by atoms with Gasteiger partial charge in [-0.1, -0.05) is 13.8 Å².